The third-order valence-electron chi connectivity index (χ3n) is 3.35. The molecule has 9 heteroatoms. The third-order valence-corrected chi connectivity index (χ3v) is 4.15. The molecular formula is C18H13BrClN3O4. The van der Waals surface area contributed by atoms with Crippen LogP contribution in [0.2, 0.25) is 5.02 Å². The number of carbonyl (C=O) groups is 1. The number of benzene rings is 2. The molecule has 2 rings (SSSR count). The summed E-state index contributed by atoms with van der Waals surface area (Å²) in [6.07, 6.45) is 1.39. The highest BCUT2D eigenvalue weighted by molar-refractivity contribution is 9.10. The van der Waals surface area contributed by atoms with E-state index in [0.29, 0.717) is 17.9 Å². The highest BCUT2D eigenvalue weighted by Crippen LogP contribution is 2.28. The fourth-order valence-electron chi connectivity index (χ4n) is 2.13. The molecule has 138 valence electrons. The molecule has 0 atom stereocenters. The summed E-state index contributed by atoms with van der Waals surface area (Å²) in [5, 5.41) is 22.6. The van der Waals surface area contributed by atoms with Crippen LogP contribution in [0.5, 0.6) is 5.75 Å². The van der Waals surface area contributed by atoms with E-state index in [2.05, 4.69) is 21.2 Å². The lowest BCUT2D eigenvalue weighted by molar-refractivity contribution is -0.384. The molecule has 0 aliphatic carbocycles. The Hall–Kier alpha value is -2.89. The average Bonchev–Trinajstić information content (AvgIpc) is 2.63. The second kappa shape index (κ2) is 9.16. The number of amides is 1. The van der Waals surface area contributed by atoms with Crippen LogP contribution in [0.25, 0.3) is 6.08 Å². The van der Waals surface area contributed by atoms with E-state index in [-0.39, 0.29) is 22.0 Å². The van der Waals surface area contributed by atoms with Gasteiger partial charge in [0.15, 0.2) is 0 Å². The molecule has 0 unspecified atom stereocenters. The highest BCUT2D eigenvalue weighted by atomic mass is 79.9. The van der Waals surface area contributed by atoms with Crippen molar-refractivity contribution in [3.8, 4) is 11.8 Å². The number of halogens is 2. The van der Waals surface area contributed by atoms with Gasteiger partial charge in [-0.1, -0.05) is 27.5 Å². The third kappa shape index (κ3) is 5.29. The number of hydrogen-bond donors (Lipinski definition) is 1. The Morgan fingerprint density at radius 2 is 2.15 bits per heavy atom. The van der Waals surface area contributed by atoms with Gasteiger partial charge in [-0.3, -0.25) is 14.9 Å². The Labute approximate surface area is 168 Å². The fourth-order valence-corrected chi connectivity index (χ4v) is 2.73. The Bertz CT molecular complexity index is 970. The molecule has 1 N–H and O–H groups in total. The molecule has 2 aromatic carbocycles. The number of nitro groups is 1. The first-order valence-electron chi connectivity index (χ1n) is 7.65. The largest absolute Gasteiger partial charge is 0.493 e. The van der Waals surface area contributed by atoms with Crippen LogP contribution in [0.15, 0.2) is 46.4 Å². The van der Waals surface area contributed by atoms with Crippen LogP contribution in [0.3, 0.4) is 0 Å². The first-order valence-corrected chi connectivity index (χ1v) is 8.82. The molecule has 0 aliphatic rings. The van der Waals surface area contributed by atoms with E-state index in [4.69, 9.17) is 16.3 Å². The standard InChI is InChI=1S/C18H13BrClN3O4/c1-2-27-17-6-3-13(19)8-11(17)7-12(10-21)18(24)22-16-5-4-14(23(25)26)9-15(16)20/h3-9H,2H2,1H3,(H,22,24)/b12-7-. The van der Waals surface area contributed by atoms with Crippen molar-refractivity contribution < 1.29 is 14.5 Å². The number of anilines is 1. The molecule has 27 heavy (non-hydrogen) atoms. The predicted molar refractivity (Wildman–Crippen MR) is 106 cm³/mol. The van der Waals surface area contributed by atoms with Gasteiger partial charge in [0.1, 0.15) is 17.4 Å². The Kier molecular flexibility index (Phi) is 6.93. The van der Waals surface area contributed by atoms with Gasteiger partial charge in [0.05, 0.1) is 22.2 Å². The Balaban J connectivity index is 2.32. The summed E-state index contributed by atoms with van der Waals surface area (Å²) in [5.74, 6) is -0.176. The minimum absolute atomic E-state index is 0.00713. The van der Waals surface area contributed by atoms with Crippen LogP contribution in [-0.2, 0) is 4.79 Å². The number of nitrogens with zero attached hydrogens (tertiary/aromatic N) is 2. The normalized spacial score (nSPS) is 10.8. The lowest BCUT2D eigenvalue weighted by atomic mass is 10.1. The topological polar surface area (TPSA) is 105 Å². The molecule has 7 nitrogen and oxygen atoms in total. The second-order valence-corrected chi connectivity index (χ2v) is 6.48. The molecule has 0 spiro atoms. The number of carbonyl (C=O) groups excluding carboxylic acids is 1. The van der Waals surface area contributed by atoms with Gasteiger partial charge in [-0.25, -0.2) is 0 Å². The maximum atomic E-state index is 12.4. The van der Waals surface area contributed by atoms with Gasteiger partial charge >= 0.3 is 0 Å². The van der Waals surface area contributed by atoms with Crippen molar-refractivity contribution >= 4 is 50.9 Å². The average molecular weight is 451 g/mol. The summed E-state index contributed by atoms with van der Waals surface area (Å²) in [7, 11) is 0. The number of rotatable bonds is 6. The fraction of sp³-hybridized carbons (Fsp3) is 0.111. The van der Waals surface area contributed by atoms with E-state index in [9.17, 15) is 20.2 Å². The summed E-state index contributed by atoms with van der Waals surface area (Å²) in [6.45, 7) is 2.25. The molecule has 0 radical (unpaired) electrons. The van der Waals surface area contributed by atoms with Crippen LogP contribution >= 0.6 is 27.5 Å². The Morgan fingerprint density at radius 1 is 1.41 bits per heavy atom. The SMILES string of the molecule is CCOc1ccc(Br)cc1/C=C(/C#N)C(=O)Nc1ccc([N+](=O)[O-])cc1Cl. The van der Waals surface area contributed by atoms with Crippen molar-refractivity contribution in [2.45, 2.75) is 6.92 Å². The number of nitrogens with one attached hydrogen (secondary N) is 1. The summed E-state index contributed by atoms with van der Waals surface area (Å²) < 4.78 is 6.26. The number of hydrogen-bond acceptors (Lipinski definition) is 5. The van der Waals surface area contributed by atoms with Crippen LogP contribution in [0.1, 0.15) is 12.5 Å². The minimum atomic E-state index is -0.698. The predicted octanol–water partition coefficient (Wildman–Crippen LogP) is 4.96. The summed E-state index contributed by atoms with van der Waals surface area (Å²) >= 11 is 9.30. The van der Waals surface area contributed by atoms with Gasteiger partial charge in [0.25, 0.3) is 11.6 Å². The molecule has 0 bridgehead atoms. The second-order valence-electron chi connectivity index (χ2n) is 5.16. The van der Waals surface area contributed by atoms with Crippen molar-refractivity contribution in [3.63, 3.8) is 0 Å². The van der Waals surface area contributed by atoms with E-state index in [1.54, 1.807) is 18.2 Å². The molecule has 0 saturated carbocycles. The zero-order chi connectivity index (χ0) is 20.0. The summed E-state index contributed by atoms with van der Waals surface area (Å²) in [6, 6.07) is 10.7. The zero-order valence-corrected chi connectivity index (χ0v) is 16.4. The van der Waals surface area contributed by atoms with Crippen molar-refractivity contribution in [2.75, 3.05) is 11.9 Å². The van der Waals surface area contributed by atoms with E-state index in [1.807, 2.05) is 13.0 Å². The molecule has 0 saturated heterocycles. The van der Waals surface area contributed by atoms with E-state index in [0.717, 1.165) is 10.5 Å². The van der Waals surface area contributed by atoms with Crippen LogP contribution in [0, 0.1) is 21.4 Å². The van der Waals surface area contributed by atoms with Gasteiger partial charge in [0.2, 0.25) is 0 Å². The maximum Gasteiger partial charge on any atom is 0.271 e. The molecule has 0 fully saturated rings. The van der Waals surface area contributed by atoms with Crippen molar-refractivity contribution in [2.24, 2.45) is 0 Å². The first-order chi connectivity index (χ1) is 12.8. The number of nitriles is 1. The van der Waals surface area contributed by atoms with E-state index >= 15 is 0 Å². The highest BCUT2D eigenvalue weighted by Gasteiger charge is 2.15. The number of non-ortho nitro benzene ring substituents is 1. The molecule has 2 aromatic rings. The van der Waals surface area contributed by atoms with Gasteiger partial charge in [0, 0.05) is 22.2 Å². The van der Waals surface area contributed by atoms with Gasteiger partial charge in [-0.05, 0) is 37.3 Å². The molecule has 0 aromatic heterocycles. The molecule has 0 heterocycles. The zero-order valence-electron chi connectivity index (χ0n) is 14.0. The smallest absolute Gasteiger partial charge is 0.271 e. The van der Waals surface area contributed by atoms with Gasteiger partial charge in [-0.15, -0.1) is 0 Å². The quantitative estimate of drug-likeness (QED) is 0.290. The van der Waals surface area contributed by atoms with Gasteiger partial charge < -0.3 is 10.1 Å². The molecule has 1 amide bonds. The maximum absolute atomic E-state index is 12.4. The van der Waals surface area contributed by atoms with Gasteiger partial charge in [-0.2, -0.15) is 5.26 Å². The van der Waals surface area contributed by atoms with E-state index in [1.165, 1.54) is 18.2 Å². The van der Waals surface area contributed by atoms with Crippen molar-refractivity contribution in [3.05, 3.63) is 67.1 Å². The summed E-state index contributed by atoms with van der Waals surface area (Å²) in [4.78, 5) is 22.6. The number of nitro benzene ring substituents is 1. The number of ether oxygens (including phenoxy) is 1. The van der Waals surface area contributed by atoms with E-state index < -0.39 is 10.8 Å². The molecular weight excluding hydrogens is 438 g/mol. The minimum Gasteiger partial charge on any atom is -0.493 e. The molecule has 0 aliphatic heterocycles. The van der Waals surface area contributed by atoms with Crippen LogP contribution < -0.4 is 10.1 Å². The lowest BCUT2D eigenvalue weighted by Gasteiger charge is -2.09. The summed E-state index contributed by atoms with van der Waals surface area (Å²) in [5.41, 5.74) is 0.327. The van der Waals surface area contributed by atoms with Crippen molar-refractivity contribution in [1.29, 1.82) is 5.26 Å². The van der Waals surface area contributed by atoms with Crippen LogP contribution in [-0.4, -0.2) is 17.4 Å². The monoisotopic (exact) mass is 449 g/mol. The van der Waals surface area contributed by atoms with Crippen LogP contribution in [0.4, 0.5) is 11.4 Å². The first kappa shape index (κ1) is 20.4. The Morgan fingerprint density at radius 3 is 2.74 bits per heavy atom. The lowest BCUT2D eigenvalue weighted by Crippen LogP contribution is -2.14. The van der Waals surface area contributed by atoms with Crippen molar-refractivity contribution in [1.82, 2.24) is 0 Å².